The third-order valence-corrected chi connectivity index (χ3v) is 9.29. The summed E-state index contributed by atoms with van der Waals surface area (Å²) in [7, 11) is 0. The van der Waals surface area contributed by atoms with Gasteiger partial charge in [-0.25, -0.2) is 0 Å². The highest BCUT2D eigenvalue weighted by Gasteiger charge is 2.51. The van der Waals surface area contributed by atoms with Crippen LogP contribution in [0.5, 0.6) is 0 Å². The molecular weight excluding hydrogens is 484 g/mol. The molecule has 4 rings (SSSR count). The quantitative estimate of drug-likeness (QED) is 0.385. The molecule has 37 heavy (non-hydrogen) atoms. The van der Waals surface area contributed by atoms with E-state index in [0.717, 1.165) is 55.4 Å². The van der Waals surface area contributed by atoms with E-state index < -0.39 is 5.54 Å². The van der Waals surface area contributed by atoms with Gasteiger partial charge in [0.15, 0.2) is 0 Å². The molecular formula is C30H41ClN4O2. The second kappa shape index (κ2) is 11.0. The number of carbonyl (C=O) groups is 2. The predicted octanol–water partition coefficient (Wildman–Crippen LogP) is 6.42. The Morgan fingerprint density at radius 1 is 1.19 bits per heavy atom. The minimum absolute atomic E-state index is 0.0952. The minimum Gasteiger partial charge on any atom is -0.351 e. The number of nitrogens with one attached hydrogen (secondary N) is 1. The van der Waals surface area contributed by atoms with Crippen molar-refractivity contribution in [2.24, 2.45) is 0 Å². The van der Waals surface area contributed by atoms with Gasteiger partial charge in [-0.1, -0.05) is 82.0 Å². The number of nitrogens with zero attached hydrogens (tertiary/aromatic N) is 3. The van der Waals surface area contributed by atoms with Crippen molar-refractivity contribution in [3.8, 4) is 0 Å². The van der Waals surface area contributed by atoms with E-state index in [2.05, 4.69) is 25.7 Å². The Morgan fingerprint density at radius 2 is 1.86 bits per heavy atom. The fourth-order valence-corrected chi connectivity index (χ4v) is 6.48. The topological polar surface area (TPSA) is 67.2 Å². The number of carbonyl (C=O) groups excluding carboxylic acids is 2. The maximum absolute atomic E-state index is 14.2. The number of allylic oxidation sites excluding steroid dienone is 1. The molecule has 0 bridgehead atoms. The van der Waals surface area contributed by atoms with Crippen LogP contribution in [0.2, 0.25) is 5.02 Å². The van der Waals surface area contributed by atoms with Crippen molar-refractivity contribution >= 4 is 23.4 Å². The first kappa shape index (κ1) is 27.4. The largest absolute Gasteiger partial charge is 0.351 e. The summed E-state index contributed by atoms with van der Waals surface area (Å²) < 4.78 is 1.77. The summed E-state index contributed by atoms with van der Waals surface area (Å²) in [5.74, 6) is -0.282. The summed E-state index contributed by atoms with van der Waals surface area (Å²) in [5, 5.41) is 8.88. The standard InChI is InChI=1S/C30H41ClN4O2/c1-6-29(7-2,21(4)5)26-18-25-27(36)34(19-22-14-12-13-17-24(22)31)30(8-3,20-35(25)33-26)28(37)32-23-15-10-9-11-16-23/h12-14,17-18,23H,4,6-11,15-16,19-20H2,1-3,5H3,(H,32,37). The van der Waals surface area contributed by atoms with Crippen molar-refractivity contribution in [2.75, 3.05) is 0 Å². The van der Waals surface area contributed by atoms with Crippen molar-refractivity contribution < 1.29 is 9.59 Å². The van der Waals surface area contributed by atoms with Gasteiger partial charge in [0.1, 0.15) is 11.2 Å². The molecule has 0 radical (unpaired) electrons. The highest BCUT2D eigenvalue weighted by molar-refractivity contribution is 6.31. The third-order valence-electron chi connectivity index (χ3n) is 8.92. The summed E-state index contributed by atoms with van der Waals surface area (Å²) in [6.45, 7) is 13.1. The van der Waals surface area contributed by atoms with Gasteiger partial charge in [-0.15, -0.1) is 0 Å². The van der Waals surface area contributed by atoms with Crippen molar-refractivity contribution in [1.29, 1.82) is 0 Å². The molecule has 1 unspecified atom stereocenters. The van der Waals surface area contributed by atoms with Gasteiger partial charge in [-0.05, 0) is 56.7 Å². The number of rotatable bonds is 9. The molecule has 1 aliphatic heterocycles. The molecule has 1 aliphatic carbocycles. The SMILES string of the molecule is C=C(C)C(CC)(CC)c1cc2n(n1)CC(CC)(C(=O)NC1CCCCC1)N(Cc1ccccc1Cl)C2=O. The molecule has 2 amide bonds. The van der Waals surface area contributed by atoms with Crippen molar-refractivity contribution in [1.82, 2.24) is 20.0 Å². The smallest absolute Gasteiger partial charge is 0.273 e. The third kappa shape index (κ3) is 4.85. The fourth-order valence-electron chi connectivity index (χ4n) is 6.29. The molecule has 0 spiro atoms. The van der Waals surface area contributed by atoms with E-state index in [9.17, 15) is 9.59 Å². The average Bonchev–Trinajstić information content (AvgIpc) is 3.32. The molecule has 2 heterocycles. The van der Waals surface area contributed by atoms with Gasteiger partial charge in [0.05, 0.1) is 12.2 Å². The molecule has 1 N–H and O–H groups in total. The van der Waals surface area contributed by atoms with E-state index in [1.807, 2.05) is 44.2 Å². The lowest BCUT2D eigenvalue weighted by Crippen LogP contribution is -2.66. The Balaban J connectivity index is 1.80. The Labute approximate surface area is 226 Å². The Bertz CT molecular complexity index is 1160. The second-order valence-electron chi connectivity index (χ2n) is 10.8. The molecule has 1 aromatic heterocycles. The number of fused-ring (bicyclic) bond motifs is 1. The maximum atomic E-state index is 14.2. The summed E-state index contributed by atoms with van der Waals surface area (Å²) in [6, 6.07) is 9.60. The van der Waals surface area contributed by atoms with Crippen LogP contribution in [0.4, 0.5) is 0 Å². The lowest BCUT2D eigenvalue weighted by molar-refractivity contribution is -0.136. The van der Waals surface area contributed by atoms with Crippen molar-refractivity contribution in [2.45, 2.75) is 109 Å². The minimum atomic E-state index is -1.06. The van der Waals surface area contributed by atoms with Crippen LogP contribution in [0.1, 0.15) is 101 Å². The van der Waals surface area contributed by atoms with Crippen LogP contribution in [-0.4, -0.2) is 38.1 Å². The number of aromatic nitrogens is 2. The summed E-state index contributed by atoms with van der Waals surface area (Å²) in [4.78, 5) is 30.0. The van der Waals surface area contributed by atoms with Gasteiger partial charge >= 0.3 is 0 Å². The number of halogens is 1. The number of amides is 2. The normalized spacial score (nSPS) is 20.6. The van der Waals surface area contributed by atoms with Crippen molar-refractivity contribution in [3.05, 3.63) is 64.5 Å². The van der Waals surface area contributed by atoms with Gasteiger partial charge in [0.2, 0.25) is 5.91 Å². The lowest BCUT2D eigenvalue weighted by atomic mass is 9.74. The molecule has 1 atom stereocenters. The summed E-state index contributed by atoms with van der Waals surface area (Å²) in [6.07, 6.45) is 7.57. The summed E-state index contributed by atoms with van der Waals surface area (Å²) >= 11 is 6.53. The zero-order valence-electron chi connectivity index (χ0n) is 22.8. The Hall–Kier alpha value is -2.60. The van der Waals surface area contributed by atoms with Gasteiger partial charge in [0.25, 0.3) is 5.91 Å². The van der Waals surface area contributed by atoms with Gasteiger partial charge in [-0.3, -0.25) is 14.3 Å². The maximum Gasteiger partial charge on any atom is 0.273 e. The lowest BCUT2D eigenvalue weighted by Gasteiger charge is -2.46. The van der Waals surface area contributed by atoms with Crippen LogP contribution >= 0.6 is 11.6 Å². The van der Waals surface area contributed by atoms with Crippen LogP contribution in [-0.2, 0) is 23.3 Å². The van der Waals surface area contributed by atoms with Gasteiger partial charge in [-0.2, -0.15) is 5.10 Å². The van der Waals surface area contributed by atoms with Crippen LogP contribution in [0.3, 0.4) is 0 Å². The van der Waals surface area contributed by atoms with Gasteiger partial charge in [0, 0.05) is 23.0 Å². The molecule has 200 valence electrons. The number of benzene rings is 1. The number of hydrogen-bond donors (Lipinski definition) is 1. The fraction of sp³-hybridized carbons (Fsp3) is 0.567. The van der Waals surface area contributed by atoms with E-state index in [4.69, 9.17) is 16.7 Å². The van der Waals surface area contributed by atoms with Gasteiger partial charge < -0.3 is 10.2 Å². The molecule has 1 fully saturated rings. The monoisotopic (exact) mass is 524 g/mol. The van der Waals surface area contributed by atoms with Crippen LogP contribution in [0.25, 0.3) is 0 Å². The molecule has 2 aromatic rings. The zero-order valence-corrected chi connectivity index (χ0v) is 23.5. The molecule has 7 heteroatoms. The molecule has 2 aliphatic rings. The first-order valence-corrected chi connectivity index (χ1v) is 14.2. The highest BCUT2D eigenvalue weighted by Crippen LogP contribution is 2.40. The number of hydrogen-bond acceptors (Lipinski definition) is 3. The molecule has 0 saturated heterocycles. The molecule has 6 nitrogen and oxygen atoms in total. The van der Waals surface area contributed by atoms with E-state index in [1.54, 1.807) is 9.58 Å². The van der Waals surface area contributed by atoms with E-state index in [0.29, 0.717) is 23.7 Å². The van der Waals surface area contributed by atoms with Crippen LogP contribution in [0.15, 0.2) is 42.5 Å². The Kier molecular flexibility index (Phi) is 8.17. The first-order valence-electron chi connectivity index (χ1n) is 13.8. The van der Waals surface area contributed by atoms with Crippen LogP contribution < -0.4 is 5.32 Å². The summed E-state index contributed by atoms with van der Waals surface area (Å²) in [5.41, 5.74) is 1.86. The zero-order chi connectivity index (χ0) is 26.8. The predicted molar refractivity (Wildman–Crippen MR) is 149 cm³/mol. The highest BCUT2D eigenvalue weighted by atomic mass is 35.5. The van der Waals surface area contributed by atoms with Crippen LogP contribution in [0, 0.1) is 0 Å². The first-order chi connectivity index (χ1) is 17.7. The molecule has 1 aromatic carbocycles. The van der Waals surface area contributed by atoms with E-state index in [-0.39, 0.29) is 29.8 Å². The molecule has 1 saturated carbocycles. The average molecular weight is 525 g/mol. The van der Waals surface area contributed by atoms with Crippen molar-refractivity contribution in [3.63, 3.8) is 0 Å². The second-order valence-corrected chi connectivity index (χ2v) is 11.2. The van der Waals surface area contributed by atoms with E-state index >= 15 is 0 Å². The van der Waals surface area contributed by atoms with E-state index in [1.165, 1.54) is 6.42 Å². The Morgan fingerprint density at radius 3 is 2.46 bits per heavy atom.